The summed E-state index contributed by atoms with van der Waals surface area (Å²) in [6.07, 6.45) is 5.28. The van der Waals surface area contributed by atoms with E-state index in [0.717, 1.165) is 5.92 Å². The summed E-state index contributed by atoms with van der Waals surface area (Å²) in [5.74, 6) is 0.919. The first-order valence-electron chi connectivity index (χ1n) is 3.89. The topological polar surface area (TPSA) is 0 Å². The van der Waals surface area contributed by atoms with Gasteiger partial charge in [-0.15, -0.1) is 0 Å². The van der Waals surface area contributed by atoms with E-state index in [1.54, 1.807) is 0 Å². The predicted octanol–water partition coefficient (Wildman–Crippen LogP) is 2.89. The maximum Gasteiger partial charge on any atom is 0.0130 e. The van der Waals surface area contributed by atoms with Crippen molar-refractivity contribution in [2.45, 2.75) is 44.3 Å². The van der Waals surface area contributed by atoms with E-state index in [9.17, 15) is 0 Å². The van der Waals surface area contributed by atoms with Crippen LogP contribution in [0.25, 0.3) is 0 Å². The quantitative estimate of drug-likeness (QED) is 0.537. The molecule has 0 radical (unpaired) electrons. The zero-order chi connectivity index (χ0) is 6.91. The molecular weight excluding hydrogens is 128 g/mol. The Kier molecular flexibility index (Phi) is 2.10. The Morgan fingerprint density at radius 2 is 2.33 bits per heavy atom. The van der Waals surface area contributed by atoms with E-state index in [4.69, 9.17) is 0 Å². The molecule has 2 atom stereocenters. The SMILES string of the molecule is CCC1(S)CCC(C)C1. The second-order valence-corrected chi connectivity index (χ2v) is 4.37. The molecule has 0 aromatic carbocycles. The van der Waals surface area contributed by atoms with Crippen molar-refractivity contribution in [3.05, 3.63) is 0 Å². The van der Waals surface area contributed by atoms with Crippen LogP contribution < -0.4 is 0 Å². The Balaban J connectivity index is 2.45. The summed E-state index contributed by atoms with van der Waals surface area (Å²) in [6.45, 7) is 4.57. The highest BCUT2D eigenvalue weighted by Crippen LogP contribution is 2.41. The molecule has 1 aliphatic carbocycles. The van der Waals surface area contributed by atoms with Crippen molar-refractivity contribution in [3.63, 3.8) is 0 Å². The molecule has 0 spiro atoms. The van der Waals surface area contributed by atoms with Crippen LogP contribution in [0.2, 0.25) is 0 Å². The molecule has 54 valence electrons. The Labute approximate surface area is 63.4 Å². The van der Waals surface area contributed by atoms with Crippen molar-refractivity contribution in [3.8, 4) is 0 Å². The molecule has 0 aromatic rings. The van der Waals surface area contributed by atoms with Gasteiger partial charge in [0.25, 0.3) is 0 Å². The van der Waals surface area contributed by atoms with E-state index in [2.05, 4.69) is 26.5 Å². The minimum atomic E-state index is 0.402. The van der Waals surface area contributed by atoms with Crippen LogP contribution in [0.1, 0.15) is 39.5 Å². The van der Waals surface area contributed by atoms with Crippen LogP contribution in [0.3, 0.4) is 0 Å². The summed E-state index contributed by atoms with van der Waals surface area (Å²) < 4.78 is 0.402. The third-order valence-corrected chi connectivity index (χ3v) is 3.21. The van der Waals surface area contributed by atoms with Gasteiger partial charge in [0.05, 0.1) is 0 Å². The summed E-state index contributed by atoms with van der Waals surface area (Å²) in [6, 6.07) is 0. The molecular formula is C8H16S. The van der Waals surface area contributed by atoms with Gasteiger partial charge in [0.15, 0.2) is 0 Å². The molecule has 1 rings (SSSR count). The molecule has 0 heterocycles. The maximum atomic E-state index is 4.64. The number of rotatable bonds is 1. The number of thiol groups is 1. The van der Waals surface area contributed by atoms with Gasteiger partial charge in [-0.05, 0) is 31.6 Å². The van der Waals surface area contributed by atoms with Crippen LogP contribution in [0, 0.1) is 5.92 Å². The van der Waals surface area contributed by atoms with Crippen LogP contribution in [0.5, 0.6) is 0 Å². The molecule has 2 unspecified atom stereocenters. The summed E-state index contributed by atoms with van der Waals surface area (Å²) in [4.78, 5) is 0. The number of hydrogen-bond acceptors (Lipinski definition) is 1. The lowest BCUT2D eigenvalue weighted by atomic mass is 10.0. The molecule has 0 nitrogen and oxygen atoms in total. The van der Waals surface area contributed by atoms with Crippen molar-refractivity contribution in [2.75, 3.05) is 0 Å². The second-order valence-electron chi connectivity index (χ2n) is 3.43. The van der Waals surface area contributed by atoms with Gasteiger partial charge in [0.2, 0.25) is 0 Å². The van der Waals surface area contributed by atoms with Crippen LogP contribution >= 0.6 is 12.6 Å². The van der Waals surface area contributed by atoms with Gasteiger partial charge in [-0.1, -0.05) is 13.8 Å². The van der Waals surface area contributed by atoms with E-state index in [-0.39, 0.29) is 0 Å². The van der Waals surface area contributed by atoms with Gasteiger partial charge < -0.3 is 0 Å². The van der Waals surface area contributed by atoms with Gasteiger partial charge in [0.1, 0.15) is 0 Å². The van der Waals surface area contributed by atoms with Crippen molar-refractivity contribution in [1.29, 1.82) is 0 Å². The van der Waals surface area contributed by atoms with Gasteiger partial charge >= 0.3 is 0 Å². The van der Waals surface area contributed by atoms with Crippen LogP contribution in [0.4, 0.5) is 0 Å². The average Bonchev–Trinajstić information content (AvgIpc) is 2.13. The lowest BCUT2D eigenvalue weighted by Crippen LogP contribution is -2.14. The normalized spacial score (nSPS) is 43.7. The maximum absolute atomic E-state index is 4.64. The largest absolute Gasteiger partial charge is 0.173 e. The fraction of sp³-hybridized carbons (Fsp3) is 1.00. The minimum Gasteiger partial charge on any atom is -0.173 e. The van der Waals surface area contributed by atoms with Crippen LogP contribution in [-0.2, 0) is 0 Å². The van der Waals surface area contributed by atoms with Crippen LogP contribution in [-0.4, -0.2) is 4.75 Å². The van der Waals surface area contributed by atoms with E-state index in [0.29, 0.717) is 4.75 Å². The second kappa shape index (κ2) is 2.53. The molecule has 0 bridgehead atoms. The molecule has 0 amide bonds. The van der Waals surface area contributed by atoms with Gasteiger partial charge in [-0.25, -0.2) is 0 Å². The van der Waals surface area contributed by atoms with E-state index >= 15 is 0 Å². The predicted molar refractivity (Wildman–Crippen MR) is 45.0 cm³/mol. The van der Waals surface area contributed by atoms with Gasteiger partial charge in [-0.3, -0.25) is 0 Å². The first-order valence-corrected chi connectivity index (χ1v) is 4.33. The Hall–Kier alpha value is 0.350. The summed E-state index contributed by atoms with van der Waals surface area (Å²) in [5.41, 5.74) is 0. The molecule has 0 N–H and O–H groups in total. The Bertz CT molecular complexity index is 101. The lowest BCUT2D eigenvalue weighted by Gasteiger charge is -2.19. The summed E-state index contributed by atoms with van der Waals surface area (Å²) in [5, 5.41) is 0. The zero-order valence-corrected chi connectivity index (χ0v) is 7.25. The van der Waals surface area contributed by atoms with Gasteiger partial charge in [-0.2, -0.15) is 12.6 Å². The molecule has 1 heteroatoms. The third kappa shape index (κ3) is 1.64. The first-order chi connectivity index (χ1) is 4.16. The van der Waals surface area contributed by atoms with Crippen molar-refractivity contribution in [1.82, 2.24) is 0 Å². The monoisotopic (exact) mass is 144 g/mol. The Morgan fingerprint density at radius 1 is 1.67 bits per heavy atom. The molecule has 0 aliphatic heterocycles. The fourth-order valence-electron chi connectivity index (χ4n) is 1.69. The van der Waals surface area contributed by atoms with E-state index in [1.807, 2.05) is 0 Å². The molecule has 1 aliphatic rings. The van der Waals surface area contributed by atoms with Crippen molar-refractivity contribution >= 4 is 12.6 Å². The molecule has 0 aromatic heterocycles. The zero-order valence-electron chi connectivity index (χ0n) is 6.35. The van der Waals surface area contributed by atoms with Crippen molar-refractivity contribution in [2.24, 2.45) is 5.92 Å². The van der Waals surface area contributed by atoms with E-state index in [1.165, 1.54) is 25.7 Å². The minimum absolute atomic E-state index is 0.402. The molecule has 0 saturated heterocycles. The average molecular weight is 144 g/mol. The molecule has 9 heavy (non-hydrogen) atoms. The number of hydrogen-bond donors (Lipinski definition) is 1. The molecule has 1 fully saturated rings. The van der Waals surface area contributed by atoms with E-state index < -0.39 is 0 Å². The third-order valence-electron chi connectivity index (χ3n) is 2.49. The van der Waals surface area contributed by atoms with Gasteiger partial charge in [0, 0.05) is 4.75 Å². The fourth-order valence-corrected chi connectivity index (χ4v) is 2.13. The lowest BCUT2D eigenvalue weighted by molar-refractivity contribution is 0.549. The van der Waals surface area contributed by atoms with Crippen LogP contribution in [0.15, 0.2) is 0 Å². The highest BCUT2D eigenvalue weighted by Gasteiger charge is 2.31. The summed E-state index contributed by atoms with van der Waals surface area (Å²) in [7, 11) is 0. The Morgan fingerprint density at radius 3 is 2.56 bits per heavy atom. The summed E-state index contributed by atoms with van der Waals surface area (Å²) >= 11 is 4.64. The highest BCUT2D eigenvalue weighted by atomic mass is 32.1. The molecule has 1 saturated carbocycles. The van der Waals surface area contributed by atoms with Crippen molar-refractivity contribution < 1.29 is 0 Å². The smallest absolute Gasteiger partial charge is 0.0130 e. The first kappa shape index (κ1) is 7.46. The highest BCUT2D eigenvalue weighted by molar-refractivity contribution is 7.81. The standard InChI is InChI=1S/C8H16S/c1-3-8(9)5-4-7(2)6-8/h7,9H,3-6H2,1-2H3.